The molecule has 4 atom stereocenters. The van der Waals surface area contributed by atoms with Gasteiger partial charge in [0.15, 0.2) is 23.0 Å². The Bertz CT molecular complexity index is 2820. The average Bonchev–Trinajstić information content (AvgIpc) is 3.96. The van der Waals surface area contributed by atoms with Gasteiger partial charge in [-0.15, -0.1) is 0 Å². The van der Waals surface area contributed by atoms with Gasteiger partial charge < -0.3 is 54.9 Å². The first-order chi connectivity index (χ1) is 34.3. The van der Waals surface area contributed by atoms with E-state index in [9.17, 15) is 19.2 Å². The Balaban J connectivity index is 0.785. The van der Waals surface area contributed by atoms with Crippen LogP contribution in [-0.4, -0.2) is 136 Å². The molecule has 0 radical (unpaired) electrons. The highest BCUT2D eigenvalue weighted by Gasteiger charge is 2.35. The predicted octanol–water partition coefficient (Wildman–Crippen LogP) is 6.67. The molecule has 370 valence electrons. The molecule has 4 N–H and O–H groups in total. The number of ether oxygens (including phenoxy) is 4. The molecule has 17 heteroatoms. The number of likely N-dealkylation sites (N-methyl/N-ethyl adjacent to an activating group) is 1. The number of hydrogen-bond donors (Lipinski definition) is 3. The van der Waals surface area contributed by atoms with Crippen LogP contribution in [0.1, 0.15) is 71.9 Å². The summed E-state index contributed by atoms with van der Waals surface area (Å²) in [6, 6.07) is 20.8. The molecule has 4 amide bonds. The molecule has 4 aromatic carbocycles. The summed E-state index contributed by atoms with van der Waals surface area (Å²) >= 11 is 0. The Kier molecular flexibility index (Phi) is 14.2. The fourth-order valence-corrected chi connectivity index (χ4v) is 9.21. The van der Waals surface area contributed by atoms with Crippen LogP contribution in [0.2, 0.25) is 0 Å². The lowest BCUT2D eigenvalue weighted by molar-refractivity contribution is -0.127. The van der Waals surface area contributed by atoms with Gasteiger partial charge in [0.05, 0.1) is 68.1 Å². The van der Waals surface area contributed by atoms with Crippen LogP contribution in [0.4, 0.5) is 22.7 Å². The van der Waals surface area contributed by atoms with Gasteiger partial charge in [-0.05, 0) is 78.6 Å². The van der Waals surface area contributed by atoms with Crippen molar-refractivity contribution in [3.8, 4) is 23.0 Å². The van der Waals surface area contributed by atoms with E-state index >= 15 is 0 Å². The maximum absolute atomic E-state index is 14.0. The van der Waals surface area contributed by atoms with Crippen LogP contribution >= 0.6 is 0 Å². The number of rotatable bonds is 16. The summed E-state index contributed by atoms with van der Waals surface area (Å²) in [5, 5.41) is 5.50. The number of nitrogens with one attached hydrogen (secondary N) is 2. The van der Waals surface area contributed by atoms with Gasteiger partial charge in [-0.3, -0.25) is 29.2 Å². The molecular formula is C54H61N9O8. The van der Waals surface area contributed by atoms with Crippen LogP contribution < -0.4 is 40.2 Å². The molecule has 1 fully saturated rings. The summed E-state index contributed by atoms with van der Waals surface area (Å²) in [7, 11) is 5.22. The lowest BCUT2D eigenvalue weighted by Gasteiger charge is -2.34. The average molecular weight is 964 g/mol. The maximum Gasteiger partial charge on any atom is 0.260 e. The van der Waals surface area contributed by atoms with Gasteiger partial charge in [0.2, 0.25) is 11.8 Å². The first-order valence-corrected chi connectivity index (χ1v) is 24.1. The second-order valence-corrected chi connectivity index (χ2v) is 18.8. The number of nitrogens with zero attached hydrogens (tertiary/aromatic N) is 6. The van der Waals surface area contributed by atoms with Crippen molar-refractivity contribution in [1.29, 1.82) is 0 Å². The van der Waals surface area contributed by atoms with E-state index in [0.717, 1.165) is 48.5 Å². The van der Waals surface area contributed by atoms with Gasteiger partial charge in [0, 0.05) is 93.8 Å². The molecule has 5 aliphatic heterocycles. The molecule has 71 heavy (non-hydrogen) atoms. The number of piperazine rings is 1. The third-order valence-corrected chi connectivity index (χ3v) is 13.6. The summed E-state index contributed by atoms with van der Waals surface area (Å²) in [5.41, 5.74) is 13.5. The highest BCUT2D eigenvalue weighted by atomic mass is 16.5. The third-order valence-electron chi connectivity index (χ3n) is 13.6. The molecule has 17 nitrogen and oxygen atoms in total. The lowest BCUT2D eigenvalue weighted by atomic mass is 10.0. The fraction of sp³-hybridized carbons (Fsp3) is 0.370. The number of carbonyl (C=O) groups excluding carboxylic acids is 4. The Morgan fingerprint density at radius 3 is 1.66 bits per heavy atom. The molecule has 5 heterocycles. The van der Waals surface area contributed by atoms with Gasteiger partial charge in [-0.1, -0.05) is 38.1 Å². The van der Waals surface area contributed by atoms with Gasteiger partial charge in [0.25, 0.3) is 11.8 Å². The number of aliphatic imine (C=N–C) groups is 2. The molecule has 5 aliphatic rings. The molecule has 0 aromatic heterocycles. The Labute approximate surface area is 414 Å². The first-order valence-electron chi connectivity index (χ1n) is 24.1. The molecule has 9 rings (SSSR count). The standard InChI is InChI=1S/C54H61N9O8/c1-32(2)50(55)52(65)58-33(3)51(64)59-38-12-8-34(9-13-38)36-22-40-28-56-44-26-48(46(68-5)24-42(44)53(66)62(40)30-36)70-20-7-21-71-49-27-45-43(25-47(49)69-6)54(67)63-31-37(23-41(63)29-57-45)35-10-14-39(15-11-35)61-18-16-60(4)17-19-61/h8-15,24-33,40-41,50H,7,16-23,55H2,1-6H3,(H,58,65)(H,59,64)/t33-,40-,41?,50-/m0/s1. The van der Waals surface area contributed by atoms with Crippen LogP contribution in [0.15, 0.2) is 95.2 Å². The number of benzene rings is 4. The van der Waals surface area contributed by atoms with Crippen molar-refractivity contribution in [2.45, 2.75) is 64.2 Å². The molecule has 4 aromatic rings. The smallest absolute Gasteiger partial charge is 0.260 e. The number of anilines is 2. The zero-order valence-corrected chi connectivity index (χ0v) is 41.0. The van der Waals surface area contributed by atoms with E-state index in [2.05, 4.69) is 51.7 Å². The molecule has 1 saturated heterocycles. The monoisotopic (exact) mass is 963 g/mol. The van der Waals surface area contributed by atoms with Crippen molar-refractivity contribution < 1.29 is 38.1 Å². The van der Waals surface area contributed by atoms with Crippen molar-refractivity contribution in [3.63, 3.8) is 0 Å². The first kappa shape index (κ1) is 48.5. The number of fused-ring (bicyclic) bond motifs is 4. The molecule has 0 saturated carbocycles. The van der Waals surface area contributed by atoms with Crippen LogP contribution in [0.25, 0.3) is 11.1 Å². The molecule has 0 spiro atoms. The van der Waals surface area contributed by atoms with E-state index in [-0.39, 0.29) is 54.8 Å². The van der Waals surface area contributed by atoms with E-state index in [1.54, 1.807) is 66.4 Å². The topological polar surface area (TPSA) is 193 Å². The highest BCUT2D eigenvalue weighted by molar-refractivity contribution is 6.07. The van der Waals surface area contributed by atoms with Crippen molar-refractivity contribution in [1.82, 2.24) is 20.0 Å². The van der Waals surface area contributed by atoms with Gasteiger partial charge in [0.1, 0.15) is 6.04 Å². The van der Waals surface area contributed by atoms with Crippen LogP contribution in [-0.2, 0) is 9.59 Å². The largest absolute Gasteiger partial charge is 0.493 e. The minimum absolute atomic E-state index is 0.0595. The maximum atomic E-state index is 14.0. The van der Waals surface area contributed by atoms with E-state index in [0.29, 0.717) is 70.4 Å². The SMILES string of the molecule is COc1cc2c(cc1OCCCOc1cc3c(cc1OC)C(=O)N1C=C(c4ccc(NC(=O)[C@H](C)NC(=O)[C@@H](N)C(C)C)cc4)C[C@H]1C=N3)N=CC1CC(c3ccc(N4CCN(C)CC4)cc3)=CN1C2=O. The third kappa shape index (κ3) is 10.4. The quantitative estimate of drug-likeness (QED) is 0.102. The Morgan fingerprint density at radius 1 is 0.690 bits per heavy atom. The van der Waals surface area contributed by atoms with Crippen molar-refractivity contribution in [3.05, 3.63) is 107 Å². The minimum atomic E-state index is -0.776. The number of hydrogen-bond acceptors (Lipinski definition) is 13. The van der Waals surface area contributed by atoms with Crippen molar-refractivity contribution in [2.75, 3.05) is 70.9 Å². The van der Waals surface area contributed by atoms with Crippen LogP contribution in [0.3, 0.4) is 0 Å². The Morgan fingerprint density at radius 2 is 1.18 bits per heavy atom. The van der Waals surface area contributed by atoms with Gasteiger partial charge in [-0.2, -0.15) is 0 Å². The number of nitrogens with two attached hydrogens (primary N) is 1. The van der Waals surface area contributed by atoms with E-state index in [1.807, 2.05) is 44.6 Å². The summed E-state index contributed by atoms with van der Waals surface area (Å²) < 4.78 is 23.8. The zero-order valence-electron chi connectivity index (χ0n) is 41.0. The summed E-state index contributed by atoms with van der Waals surface area (Å²) in [6.07, 6.45) is 9.08. The second kappa shape index (κ2) is 20.8. The zero-order chi connectivity index (χ0) is 49.9. The Hall–Kier alpha value is -7.50. The lowest BCUT2D eigenvalue weighted by Crippen LogP contribution is -2.50. The summed E-state index contributed by atoms with van der Waals surface area (Å²) in [5.74, 6) is 0.534. The summed E-state index contributed by atoms with van der Waals surface area (Å²) in [6.45, 7) is 9.95. The van der Waals surface area contributed by atoms with Gasteiger partial charge in [-0.25, -0.2) is 0 Å². The predicted molar refractivity (Wildman–Crippen MR) is 275 cm³/mol. The van der Waals surface area contributed by atoms with E-state index in [1.165, 1.54) is 12.8 Å². The van der Waals surface area contributed by atoms with Gasteiger partial charge >= 0.3 is 0 Å². The van der Waals surface area contributed by atoms with E-state index < -0.39 is 12.1 Å². The molecule has 0 bridgehead atoms. The van der Waals surface area contributed by atoms with Crippen molar-refractivity contribution >= 4 is 70.0 Å². The molecule has 1 unspecified atom stereocenters. The van der Waals surface area contributed by atoms with Crippen LogP contribution in [0, 0.1) is 5.92 Å². The second-order valence-electron chi connectivity index (χ2n) is 18.8. The number of methoxy groups -OCH3 is 2. The fourth-order valence-electron chi connectivity index (χ4n) is 9.21. The van der Waals surface area contributed by atoms with E-state index in [4.69, 9.17) is 34.7 Å². The molecule has 0 aliphatic carbocycles. The summed E-state index contributed by atoms with van der Waals surface area (Å²) in [4.78, 5) is 70.9. The normalized spacial score (nSPS) is 19.1. The number of amides is 4. The molecular weight excluding hydrogens is 903 g/mol. The highest BCUT2D eigenvalue weighted by Crippen LogP contribution is 2.42. The minimum Gasteiger partial charge on any atom is -0.493 e. The van der Waals surface area contributed by atoms with Crippen molar-refractivity contribution in [2.24, 2.45) is 21.6 Å². The number of carbonyl (C=O) groups is 4. The van der Waals surface area contributed by atoms with Crippen LogP contribution in [0.5, 0.6) is 23.0 Å².